The first-order chi connectivity index (χ1) is 8.38. The van der Waals surface area contributed by atoms with Crippen LogP contribution in [0.3, 0.4) is 0 Å². The molecule has 0 atom stereocenters. The highest BCUT2D eigenvalue weighted by atomic mass is 35.7. The summed E-state index contributed by atoms with van der Waals surface area (Å²) < 4.78 is 28.2. The maximum absolute atomic E-state index is 11.4. The minimum atomic E-state index is -3.83. The number of hydrogen-bond donors (Lipinski definition) is 0. The van der Waals surface area contributed by atoms with Crippen LogP contribution in [0.4, 0.5) is 5.69 Å². The Morgan fingerprint density at radius 1 is 1.39 bits per heavy atom. The van der Waals surface area contributed by atoms with Gasteiger partial charge in [-0.15, -0.1) is 0 Å². The van der Waals surface area contributed by atoms with Crippen molar-refractivity contribution in [3.05, 3.63) is 23.3 Å². The summed E-state index contributed by atoms with van der Waals surface area (Å²) >= 11 is 0. The van der Waals surface area contributed by atoms with Crippen molar-refractivity contribution in [1.29, 1.82) is 0 Å². The number of halogens is 1. The van der Waals surface area contributed by atoms with Crippen molar-refractivity contribution in [2.45, 2.75) is 18.4 Å². The second-order valence-corrected chi connectivity index (χ2v) is 7.07. The molecule has 0 radical (unpaired) electrons. The minimum Gasteiger partial charge on any atom is -0.443 e. The molecule has 0 bridgehead atoms. The standard InChI is InChI=1S/C12H12ClNO3S/c1-7-9-6-10-8(3-4-14(10)2)5-11(9)17-12(7)18(13,15)16/h5-6H,3-4H2,1-2H3. The molecule has 0 amide bonds. The third kappa shape index (κ3) is 1.61. The van der Waals surface area contributed by atoms with Crippen molar-refractivity contribution < 1.29 is 12.8 Å². The lowest BCUT2D eigenvalue weighted by atomic mass is 10.1. The third-order valence-corrected chi connectivity index (χ3v) is 4.70. The van der Waals surface area contributed by atoms with Crippen LogP contribution in [0.15, 0.2) is 21.6 Å². The lowest BCUT2D eigenvalue weighted by molar-refractivity contribution is 0.483. The molecule has 0 aliphatic carbocycles. The van der Waals surface area contributed by atoms with E-state index in [4.69, 9.17) is 15.1 Å². The fourth-order valence-corrected chi connectivity index (χ4v) is 3.58. The van der Waals surface area contributed by atoms with Crippen LogP contribution in [0, 0.1) is 6.92 Å². The van der Waals surface area contributed by atoms with Gasteiger partial charge in [-0.1, -0.05) is 0 Å². The Morgan fingerprint density at radius 2 is 2.11 bits per heavy atom. The van der Waals surface area contributed by atoms with Crippen LogP contribution in [0.5, 0.6) is 0 Å². The van der Waals surface area contributed by atoms with Gasteiger partial charge in [0.15, 0.2) is 0 Å². The Kier molecular flexibility index (Phi) is 2.40. The van der Waals surface area contributed by atoms with Crippen LogP contribution in [0.2, 0.25) is 0 Å². The Morgan fingerprint density at radius 3 is 2.78 bits per heavy atom. The van der Waals surface area contributed by atoms with E-state index in [0.717, 1.165) is 24.0 Å². The zero-order valence-electron chi connectivity index (χ0n) is 10.0. The zero-order valence-corrected chi connectivity index (χ0v) is 11.6. The molecule has 0 spiro atoms. The molecular weight excluding hydrogens is 274 g/mol. The van der Waals surface area contributed by atoms with E-state index in [-0.39, 0.29) is 5.09 Å². The van der Waals surface area contributed by atoms with Crippen LogP contribution in [-0.2, 0) is 15.5 Å². The van der Waals surface area contributed by atoms with Crippen molar-refractivity contribution in [3.8, 4) is 0 Å². The smallest absolute Gasteiger partial charge is 0.294 e. The molecule has 1 aliphatic heterocycles. The van der Waals surface area contributed by atoms with Crippen molar-refractivity contribution in [2.75, 3.05) is 18.5 Å². The molecule has 6 heteroatoms. The molecule has 2 heterocycles. The predicted molar refractivity (Wildman–Crippen MR) is 71.0 cm³/mol. The number of nitrogens with zero attached hydrogens (tertiary/aromatic N) is 1. The molecule has 18 heavy (non-hydrogen) atoms. The van der Waals surface area contributed by atoms with E-state index in [1.165, 1.54) is 5.56 Å². The van der Waals surface area contributed by atoms with Gasteiger partial charge >= 0.3 is 0 Å². The molecule has 1 aliphatic rings. The molecule has 3 rings (SSSR count). The normalized spacial score (nSPS) is 15.4. The number of rotatable bonds is 1. The first-order valence-electron chi connectivity index (χ1n) is 5.60. The highest BCUT2D eigenvalue weighted by molar-refractivity contribution is 8.13. The molecule has 96 valence electrons. The van der Waals surface area contributed by atoms with Gasteiger partial charge in [-0.25, -0.2) is 8.42 Å². The molecule has 0 fully saturated rings. The van der Waals surface area contributed by atoms with Gasteiger partial charge in [0.05, 0.1) is 0 Å². The first-order valence-corrected chi connectivity index (χ1v) is 7.90. The zero-order chi connectivity index (χ0) is 13.1. The SMILES string of the molecule is Cc1c(S(=O)(=O)Cl)oc2cc3c(cc12)N(C)CC3. The van der Waals surface area contributed by atoms with E-state index in [0.29, 0.717) is 11.1 Å². The van der Waals surface area contributed by atoms with Gasteiger partial charge in [0.1, 0.15) is 5.58 Å². The summed E-state index contributed by atoms with van der Waals surface area (Å²) in [5, 5.41) is 0.659. The van der Waals surface area contributed by atoms with Crippen molar-refractivity contribution >= 4 is 36.4 Å². The van der Waals surface area contributed by atoms with E-state index in [2.05, 4.69) is 4.90 Å². The van der Waals surface area contributed by atoms with E-state index in [9.17, 15) is 8.42 Å². The number of furan rings is 1. The van der Waals surface area contributed by atoms with E-state index < -0.39 is 9.05 Å². The number of likely N-dealkylation sites (N-methyl/N-ethyl adjacent to an activating group) is 1. The van der Waals surface area contributed by atoms with Crippen LogP contribution < -0.4 is 4.90 Å². The average molecular weight is 286 g/mol. The summed E-state index contributed by atoms with van der Waals surface area (Å²) in [5.74, 6) is 0. The summed E-state index contributed by atoms with van der Waals surface area (Å²) in [6.45, 7) is 2.68. The van der Waals surface area contributed by atoms with E-state index in [1.54, 1.807) is 6.92 Å². The van der Waals surface area contributed by atoms with Gasteiger partial charge in [-0.2, -0.15) is 0 Å². The lowest BCUT2D eigenvalue weighted by Gasteiger charge is -2.11. The Hall–Kier alpha value is -1.20. The summed E-state index contributed by atoms with van der Waals surface area (Å²) in [4.78, 5) is 2.15. The van der Waals surface area contributed by atoms with Crippen LogP contribution in [0.1, 0.15) is 11.1 Å². The first kappa shape index (κ1) is 11.9. The Labute approximate surface area is 110 Å². The summed E-state index contributed by atoms with van der Waals surface area (Å²) in [6.07, 6.45) is 0.949. The van der Waals surface area contributed by atoms with Gasteiger partial charge in [-0.05, 0) is 31.0 Å². The minimum absolute atomic E-state index is 0.148. The van der Waals surface area contributed by atoms with Crippen molar-refractivity contribution in [1.82, 2.24) is 0 Å². The van der Waals surface area contributed by atoms with Crippen molar-refractivity contribution in [2.24, 2.45) is 0 Å². The topological polar surface area (TPSA) is 50.5 Å². The number of hydrogen-bond acceptors (Lipinski definition) is 4. The molecule has 2 aromatic rings. The molecule has 0 N–H and O–H groups in total. The number of anilines is 1. The monoisotopic (exact) mass is 285 g/mol. The van der Waals surface area contributed by atoms with E-state index >= 15 is 0 Å². The van der Waals surface area contributed by atoms with Gasteiger partial charge in [0, 0.05) is 40.9 Å². The molecular formula is C12H12ClNO3S. The van der Waals surface area contributed by atoms with Gasteiger partial charge < -0.3 is 9.32 Å². The summed E-state index contributed by atoms with van der Waals surface area (Å²) in [7, 11) is 3.55. The highest BCUT2D eigenvalue weighted by Gasteiger charge is 2.24. The molecule has 0 unspecified atom stereocenters. The van der Waals surface area contributed by atoms with Gasteiger partial charge in [0.2, 0.25) is 5.09 Å². The maximum Gasteiger partial charge on any atom is 0.294 e. The molecule has 4 nitrogen and oxygen atoms in total. The lowest BCUT2D eigenvalue weighted by Crippen LogP contribution is -2.12. The van der Waals surface area contributed by atoms with E-state index in [1.807, 2.05) is 19.2 Å². The predicted octanol–water partition coefficient (Wildman–Crippen LogP) is 2.66. The molecule has 0 saturated heterocycles. The van der Waals surface area contributed by atoms with Crippen LogP contribution >= 0.6 is 10.7 Å². The number of fused-ring (bicyclic) bond motifs is 2. The summed E-state index contributed by atoms with van der Waals surface area (Å²) in [5.41, 5.74) is 3.46. The van der Waals surface area contributed by atoms with Crippen molar-refractivity contribution in [3.63, 3.8) is 0 Å². The summed E-state index contributed by atoms with van der Waals surface area (Å²) in [6, 6.07) is 3.88. The van der Waals surface area contributed by atoms with Gasteiger partial charge in [0.25, 0.3) is 9.05 Å². The number of benzene rings is 1. The molecule has 1 aromatic carbocycles. The van der Waals surface area contributed by atoms with Gasteiger partial charge in [-0.3, -0.25) is 0 Å². The number of aryl methyl sites for hydroxylation is 1. The maximum atomic E-state index is 11.4. The second kappa shape index (κ2) is 3.65. The van der Waals surface area contributed by atoms with Crippen LogP contribution in [0.25, 0.3) is 11.0 Å². The fourth-order valence-electron chi connectivity index (χ4n) is 2.47. The Balaban J connectivity index is 2.34. The average Bonchev–Trinajstić information content (AvgIpc) is 2.79. The van der Waals surface area contributed by atoms with Crippen LogP contribution in [-0.4, -0.2) is 22.0 Å². The Bertz CT molecular complexity index is 748. The fraction of sp³-hybridized carbons (Fsp3) is 0.333. The molecule has 1 aromatic heterocycles. The quantitative estimate of drug-likeness (QED) is 0.756. The third-order valence-electron chi connectivity index (χ3n) is 3.44. The second-order valence-electron chi connectivity index (χ2n) is 4.60. The highest BCUT2D eigenvalue weighted by Crippen LogP contribution is 2.37. The molecule has 0 saturated carbocycles. The largest absolute Gasteiger partial charge is 0.443 e.